The molecule has 0 bridgehead atoms. The van der Waals surface area contributed by atoms with Crippen molar-refractivity contribution in [3.05, 3.63) is 47.7 Å². The minimum Gasteiger partial charge on any atom is -0.466 e. The molecule has 2 aromatic rings. The lowest BCUT2D eigenvalue weighted by atomic mass is 10.0. The fourth-order valence-electron chi connectivity index (χ4n) is 3.92. The number of carbonyl (C=O) groups excluding carboxylic acids is 2. The lowest BCUT2D eigenvalue weighted by Crippen LogP contribution is -2.30. The lowest BCUT2D eigenvalue weighted by molar-refractivity contribution is -0.118. The summed E-state index contributed by atoms with van der Waals surface area (Å²) in [5.41, 5.74) is 1.28. The van der Waals surface area contributed by atoms with Gasteiger partial charge in [-0.2, -0.15) is 0 Å². The lowest BCUT2D eigenvalue weighted by Gasteiger charge is -2.16. The molecular weight excluding hydrogens is 318 g/mol. The number of aryl methyl sites for hydroxylation is 2. The SMILES string of the molecule is Cc1cc(C(=O)N2CC[C@@]3(C[C@@H]3C(=O)Nc3cccnc3)C2)c(C)o1. The Bertz CT molecular complexity index is 830. The van der Waals surface area contributed by atoms with Crippen molar-refractivity contribution < 1.29 is 14.0 Å². The van der Waals surface area contributed by atoms with Gasteiger partial charge in [-0.3, -0.25) is 14.6 Å². The minimum atomic E-state index is -0.0609. The number of aromatic nitrogens is 1. The first-order valence-corrected chi connectivity index (χ1v) is 8.56. The third-order valence-corrected chi connectivity index (χ3v) is 5.38. The van der Waals surface area contributed by atoms with Crippen LogP contribution >= 0.6 is 0 Å². The van der Waals surface area contributed by atoms with E-state index in [2.05, 4.69) is 10.3 Å². The van der Waals surface area contributed by atoms with Crippen molar-refractivity contribution in [3.63, 3.8) is 0 Å². The van der Waals surface area contributed by atoms with Crippen LogP contribution in [0.4, 0.5) is 5.69 Å². The number of hydrogen-bond donors (Lipinski definition) is 1. The molecule has 1 saturated carbocycles. The molecule has 6 nitrogen and oxygen atoms in total. The van der Waals surface area contributed by atoms with E-state index in [-0.39, 0.29) is 23.1 Å². The molecule has 25 heavy (non-hydrogen) atoms. The predicted octanol–water partition coefficient (Wildman–Crippen LogP) is 2.78. The van der Waals surface area contributed by atoms with Crippen LogP contribution in [-0.4, -0.2) is 34.8 Å². The van der Waals surface area contributed by atoms with E-state index in [1.54, 1.807) is 24.5 Å². The Morgan fingerprint density at radius 3 is 2.92 bits per heavy atom. The van der Waals surface area contributed by atoms with Crippen LogP contribution in [0.2, 0.25) is 0 Å². The maximum atomic E-state index is 12.7. The maximum Gasteiger partial charge on any atom is 0.257 e. The number of nitrogens with zero attached hydrogens (tertiary/aromatic N) is 2. The van der Waals surface area contributed by atoms with Gasteiger partial charge in [-0.05, 0) is 44.9 Å². The summed E-state index contributed by atoms with van der Waals surface area (Å²) in [5, 5.41) is 2.92. The molecule has 1 aliphatic heterocycles. The monoisotopic (exact) mass is 339 g/mol. The fraction of sp³-hybridized carbons (Fsp3) is 0.421. The third-order valence-electron chi connectivity index (χ3n) is 5.38. The second-order valence-electron chi connectivity index (χ2n) is 7.15. The Morgan fingerprint density at radius 2 is 2.24 bits per heavy atom. The molecule has 2 aromatic heterocycles. The molecule has 2 atom stereocenters. The zero-order chi connectivity index (χ0) is 17.6. The first-order valence-electron chi connectivity index (χ1n) is 8.56. The summed E-state index contributed by atoms with van der Waals surface area (Å²) in [7, 11) is 0. The van der Waals surface area contributed by atoms with Gasteiger partial charge >= 0.3 is 0 Å². The highest BCUT2D eigenvalue weighted by Gasteiger charge is 2.61. The van der Waals surface area contributed by atoms with Crippen molar-refractivity contribution in [2.45, 2.75) is 26.7 Å². The van der Waals surface area contributed by atoms with Crippen molar-refractivity contribution >= 4 is 17.5 Å². The summed E-state index contributed by atoms with van der Waals surface area (Å²) < 4.78 is 5.47. The van der Waals surface area contributed by atoms with Crippen LogP contribution in [0.1, 0.15) is 34.7 Å². The summed E-state index contributed by atoms with van der Waals surface area (Å²) in [6.07, 6.45) is 5.03. The highest BCUT2D eigenvalue weighted by molar-refractivity contribution is 5.97. The number of hydrogen-bond acceptors (Lipinski definition) is 4. The van der Waals surface area contributed by atoms with Gasteiger partial charge in [0.1, 0.15) is 11.5 Å². The number of likely N-dealkylation sites (tertiary alicyclic amines) is 1. The summed E-state index contributed by atoms with van der Waals surface area (Å²) in [5.74, 6) is 1.40. The van der Waals surface area contributed by atoms with E-state index >= 15 is 0 Å². The summed E-state index contributed by atoms with van der Waals surface area (Å²) in [6.45, 7) is 4.99. The number of furan rings is 1. The number of amides is 2. The first-order chi connectivity index (χ1) is 12.0. The molecule has 2 fully saturated rings. The van der Waals surface area contributed by atoms with E-state index in [1.807, 2.05) is 24.8 Å². The average molecular weight is 339 g/mol. The smallest absolute Gasteiger partial charge is 0.257 e. The zero-order valence-electron chi connectivity index (χ0n) is 14.4. The minimum absolute atomic E-state index is 0.00421. The van der Waals surface area contributed by atoms with Crippen LogP contribution in [0.5, 0.6) is 0 Å². The van der Waals surface area contributed by atoms with Crippen molar-refractivity contribution in [2.75, 3.05) is 18.4 Å². The zero-order valence-corrected chi connectivity index (χ0v) is 14.4. The third kappa shape index (κ3) is 2.81. The Hall–Kier alpha value is -2.63. The quantitative estimate of drug-likeness (QED) is 0.933. The van der Waals surface area contributed by atoms with Gasteiger partial charge in [-0.1, -0.05) is 0 Å². The van der Waals surface area contributed by atoms with Crippen LogP contribution < -0.4 is 5.32 Å². The number of nitrogens with one attached hydrogen (secondary N) is 1. The van der Waals surface area contributed by atoms with Crippen molar-refractivity contribution in [3.8, 4) is 0 Å². The van der Waals surface area contributed by atoms with E-state index in [1.165, 1.54) is 0 Å². The molecule has 3 heterocycles. The normalized spacial score (nSPS) is 24.6. The van der Waals surface area contributed by atoms with Crippen LogP contribution in [0.25, 0.3) is 0 Å². The molecule has 1 N–H and O–H groups in total. The van der Waals surface area contributed by atoms with Gasteiger partial charge in [0.25, 0.3) is 5.91 Å². The molecule has 4 rings (SSSR count). The molecule has 1 aliphatic carbocycles. The predicted molar refractivity (Wildman–Crippen MR) is 92.1 cm³/mol. The molecule has 0 aromatic carbocycles. The van der Waals surface area contributed by atoms with Crippen molar-refractivity contribution in [2.24, 2.45) is 11.3 Å². The Morgan fingerprint density at radius 1 is 1.40 bits per heavy atom. The van der Waals surface area contributed by atoms with Gasteiger partial charge in [0.15, 0.2) is 0 Å². The first kappa shape index (κ1) is 15.9. The molecule has 1 spiro atoms. The van der Waals surface area contributed by atoms with Gasteiger partial charge in [0, 0.05) is 30.6 Å². The number of anilines is 1. The van der Waals surface area contributed by atoms with Gasteiger partial charge in [0.2, 0.25) is 5.91 Å². The second-order valence-corrected chi connectivity index (χ2v) is 7.15. The molecule has 6 heteroatoms. The van der Waals surface area contributed by atoms with Gasteiger partial charge in [-0.25, -0.2) is 0 Å². The van der Waals surface area contributed by atoms with Gasteiger partial charge < -0.3 is 14.6 Å². The van der Waals surface area contributed by atoms with E-state index in [0.29, 0.717) is 30.1 Å². The Balaban J connectivity index is 1.40. The highest BCUT2D eigenvalue weighted by atomic mass is 16.3. The van der Waals surface area contributed by atoms with E-state index < -0.39 is 0 Å². The average Bonchev–Trinajstić information content (AvgIpc) is 2.94. The summed E-state index contributed by atoms with van der Waals surface area (Å²) in [6, 6.07) is 5.42. The van der Waals surface area contributed by atoms with Crippen LogP contribution in [0, 0.1) is 25.2 Å². The molecule has 130 valence electrons. The second kappa shape index (κ2) is 5.72. The van der Waals surface area contributed by atoms with Crippen LogP contribution in [0.15, 0.2) is 35.0 Å². The molecular formula is C19H21N3O3. The molecule has 1 saturated heterocycles. The summed E-state index contributed by atoms with van der Waals surface area (Å²) >= 11 is 0. The number of carbonyl (C=O) groups is 2. The van der Waals surface area contributed by atoms with E-state index in [4.69, 9.17) is 4.42 Å². The highest BCUT2D eigenvalue weighted by Crippen LogP contribution is 2.59. The largest absolute Gasteiger partial charge is 0.466 e. The molecule has 0 unspecified atom stereocenters. The standard InChI is InChI=1S/C19H21N3O3/c1-12-8-15(13(2)25-12)18(24)22-7-5-19(11-22)9-16(19)17(23)21-14-4-3-6-20-10-14/h3-4,6,8,10,16H,5,7,9,11H2,1-2H3,(H,21,23)/t16-,19-/m1/s1. The fourth-order valence-corrected chi connectivity index (χ4v) is 3.92. The van der Waals surface area contributed by atoms with Crippen LogP contribution in [0.3, 0.4) is 0 Å². The van der Waals surface area contributed by atoms with E-state index in [9.17, 15) is 9.59 Å². The molecule has 2 aliphatic rings. The summed E-state index contributed by atoms with van der Waals surface area (Å²) in [4.78, 5) is 31.1. The van der Waals surface area contributed by atoms with Crippen molar-refractivity contribution in [1.29, 1.82) is 0 Å². The van der Waals surface area contributed by atoms with Crippen LogP contribution in [-0.2, 0) is 4.79 Å². The Kier molecular flexibility index (Phi) is 3.63. The maximum absolute atomic E-state index is 12.7. The molecule has 0 radical (unpaired) electrons. The van der Waals surface area contributed by atoms with E-state index in [0.717, 1.165) is 18.6 Å². The Labute approximate surface area is 146 Å². The number of rotatable bonds is 3. The topological polar surface area (TPSA) is 75.4 Å². The van der Waals surface area contributed by atoms with Gasteiger partial charge in [-0.15, -0.1) is 0 Å². The van der Waals surface area contributed by atoms with Crippen molar-refractivity contribution in [1.82, 2.24) is 9.88 Å². The van der Waals surface area contributed by atoms with Gasteiger partial charge in [0.05, 0.1) is 17.4 Å². The number of pyridine rings is 1. The molecule has 2 amide bonds.